The number of nitrogens with zero attached hydrogens (tertiary/aromatic N) is 4. The van der Waals surface area contributed by atoms with E-state index in [0.29, 0.717) is 17.6 Å². The van der Waals surface area contributed by atoms with Crippen molar-refractivity contribution in [3.63, 3.8) is 0 Å². The second kappa shape index (κ2) is 9.50. The van der Waals surface area contributed by atoms with Gasteiger partial charge in [0.15, 0.2) is 6.04 Å². The number of piperidine rings is 1. The molecular formula is C28H32F2N6O3. The fourth-order valence-corrected chi connectivity index (χ4v) is 6.28. The Morgan fingerprint density at radius 1 is 1.13 bits per heavy atom. The average molecular weight is 539 g/mol. The minimum atomic E-state index is -2.85. The zero-order chi connectivity index (χ0) is 28.3. The maximum Gasteiger partial charge on any atom is 0.249 e. The molecule has 9 nitrogen and oxygen atoms in total. The lowest BCUT2D eigenvalue weighted by molar-refractivity contribution is -0.154. The summed E-state index contributed by atoms with van der Waals surface area (Å²) in [6, 6.07) is 6.49. The van der Waals surface area contributed by atoms with E-state index in [0.717, 1.165) is 5.39 Å². The summed E-state index contributed by atoms with van der Waals surface area (Å²) >= 11 is 0. The van der Waals surface area contributed by atoms with E-state index in [2.05, 4.69) is 26.9 Å². The molecule has 2 aliphatic carbocycles. The van der Waals surface area contributed by atoms with E-state index in [1.165, 1.54) is 4.90 Å². The zero-order valence-corrected chi connectivity index (χ0v) is 22.3. The summed E-state index contributed by atoms with van der Waals surface area (Å²) in [5.41, 5.74) is 0.143. The quantitative estimate of drug-likeness (QED) is 0.558. The summed E-state index contributed by atoms with van der Waals surface area (Å²) in [6.45, 7) is 7.94. The second-order valence-electron chi connectivity index (χ2n) is 12.0. The lowest BCUT2D eigenvalue weighted by Gasteiger charge is -2.37. The Labute approximate surface area is 225 Å². The van der Waals surface area contributed by atoms with Gasteiger partial charge in [-0.05, 0) is 23.2 Å². The Bertz CT molecular complexity index is 1360. The Morgan fingerprint density at radius 3 is 2.46 bits per heavy atom. The van der Waals surface area contributed by atoms with Crippen molar-refractivity contribution in [2.24, 2.45) is 29.1 Å². The van der Waals surface area contributed by atoms with Crippen molar-refractivity contribution in [3.8, 4) is 6.07 Å². The van der Waals surface area contributed by atoms with Crippen LogP contribution in [-0.4, -0.2) is 57.4 Å². The fourth-order valence-electron chi connectivity index (χ4n) is 6.28. The summed E-state index contributed by atoms with van der Waals surface area (Å²) in [5, 5.41) is 25.0. The van der Waals surface area contributed by atoms with Crippen molar-refractivity contribution < 1.29 is 23.2 Å². The Hall–Kier alpha value is -3.68. The van der Waals surface area contributed by atoms with Gasteiger partial charge >= 0.3 is 0 Å². The number of benzene rings is 1. The van der Waals surface area contributed by atoms with Crippen LogP contribution in [0.5, 0.6) is 0 Å². The average Bonchev–Trinajstić information content (AvgIpc) is 3.20. The summed E-state index contributed by atoms with van der Waals surface area (Å²) < 4.78 is 26.6. The summed E-state index contributed by atoms with van der Waals surface area (Å²) in [6.07, 6.45) is 0.518. The number of amides is 3. The molecule has 2 aromatic rings. The third-order valence-corrected chi connectivity index (χ3v) is 8.74. The first-order valence-corrected chi connectivity index (χ1v) is 13.2. The van der Waals surface area contributed by atoms with E-state index in [1.54, 1.807) is 26.1 Å². The molecule has 0 spiro atoms. The number of rotatable bonds is 7. The van der Waals surface area contributed by atoms with Crippen LogP contribution in [-0.2, 0) is 14.4 Å². The van der Waals surface area contributed by atoms with Gasteiger partial charge in [-0.15, -0.1) is 0 Å². The molecule has 1 unspecified atom stereocenters. The number of hydrogen-bond donors (Lipinski definition) is 2. The molecular weight excluding hydrogens is 506 g/mol. The zero-order valence-electron chi connectivity index (χ0n) is 22.3. The first-order chi connectivity index (χ1) is 18.4. The molecule has 5 atom stereocenters. The van der Waals surface area contributed by atoms with Gasteiger partial charge < -0.3 is 15.5 Å². The molecule has 39 heavy (non-hydrogen) atoms. The predicted molar refractivity (Wildman–Crippen MR) is 137 cm³/mol. The highest BCUT2D eigenvalue weighted by Crippen LogP contribution is 2.65. The van der Waals surface area contributed by atoms with Crippen LogP contribution in [0.25, 0.3) is 10.8 Å². The normalized spacial score (nSPS) is 26.2. The van der Waals surface area contributed by atoms with Gasteiger partial charge in [0, 0.05) is 36.1 Å². The highest BCUT2D eigenvalue weighted by Gasteiger charge is 2.69. The van der Waals surface area contributed by atoms with Gasteiger partial charge in [-0.25, -0.2) is 8.78 Å². The van der Waals surface area contributed by atoms with E-state index in [4.69, 9.17) is 0 Å². The van der Waals surface area contributed by atoms with Gasteiger partial charge in [-0.3, -0.25) is 14.4 Å². The maximum atomic E-state index is 13.8. The molecule has 2 saturated carbocycles. The van der Waals surface area contributed by atoms with E-state index in [-0.39, 0.29) is 23.2 Å². The number of nitriles is 1. The lowest BCUT2D eigenvalue weighted by atomic mass is 9.80. The number of carbonyl (C=O) groups excluding carboxylic acids is 3. The molecule has 1 aromatic heterocycles. The summed E-state index contributed by atoms with van der Waals surface area (Å²) in [5.74, 6) is -5.52. The van der Waals surface area contributed by atoms with Crippen LogP contribution < -0.4 is 10.6 Å². The largest absolute Gasteiger partial charge is 0.344 e. The molecule has 3 amide bonds. The minimum Gasteiger partial charge on any atom is -0.344 e. The summed E-state index contributed by atoms with van der Waals surface area (Å²) in [7, 11) is 0. The Kier molecular flexibility index (Phi) is 6.56. The number of alkyl halides is 2. The molecule has 2 N–H and O–H groups in total. The SMILES string of the molecule is CC(C)[C@H](NC(=O)C1CC(F)(F)C1)C(=O)N1C[C@H]2[C@@H]([C@H]1C(=O)NC(C#N)c1nncc3ccccc13)C2(C)C. The van der Waals surface area contributed by atoms with E-state index >= 15 is 0 Å². The highest BCUT2D eigenvalue weighted by molar-refractivity contribution is 5.94. The number of nitrogens with one attached hydrogen (secondary N) is 2. The predicted octanol–water partition coefficient (Wildman–Crippen LogP) is 2.98. The van der Waals surface area contributed by atoms with Gasteiger partial charge in [-0.1, -0.05) is 52.0 Å². The van der Waals surface area contributed by atoms with Crippen molar-refractivity contribution >= 4 is 28.5 Å². The van der Waals surface area contributed by atoms with E-state index < -0.39 is 60.5 Å². The number of halogens is 2. The van der Waals surface area contributed by atoms with Crippen LogP contribution in [0.1, 0.15) is 52.3 Å². The van der Waals surface area contributed by atoms with Crippen molar-refractivity contribution in [2.45, 2.75) is 64.6 Å². The molecule has 3 aliphatic rings. The van der Waals surface area contributed by atoms with Crippen molar-refractivity contribution in [2.75, 3.05) is 6.54 Å². The number of aromatic nitrogens is 2. The van der Waals surface area contributed by atoms with Crippen LogP contribution in [0.15, 0.2) is 30.5 Å². The molecule has 11 heteroatoms. The standard InChI is InChI=1S/C28H32F2N6O3/c1-14(2)21(34-24(37)16-9-28(29,30)10-16)26(39)36-13-18-20(27(18,3)4)23(36)25(38)33-19(11-31)22-17-8-6-5-7-15(17)12-32-35-22/h5-8,12,14,16,18-21,23H,9-10,13H2,1-4H3,(H,33,38)(H,34,37)/t18-,19?,20-,21-,23-/m0/s1. The third kappa shape index (κ3) is 4.70. The van der Waals surface area contributed by atoms with E-state index in [1.807, 2.05) is 32.0 Å². The van der Waals surface area contributed by atoms with Gasteiger partial charge in [0.05, 0.1) is 12.3 Å². The van der Waals surface area contributed by atoms with Crippen LogP contribution >= 0.6 is 0 Å². The molecule has 2 heterocycles. The van der Waals surface area contributed by atoms with Crippen LogP contribution in [0.3, 0.4) is 0 Å². The fraction of sp³-hybridized carbons (Fsp3) is 0.571. The number of fused-ring (bicyclic) bond motifs is 2. The van der Waals surface area contributed by atoms with Crippen LogP contribution in [0.2, 0.25) is 0 Å². The van der Waals surface area contributed by atoms with Gasteiger partial charge in [0.25, 0.3) is 0 Å². The number of likely N-dealkylation sites (tertiary alicyclic amines) is 1. The molecule has 206 valence electrons. The van der Waals surface area contributed by atoms with Crippen molar-refractivity contribution in [1.82, 2.24) is 25.7 Å². The van der Waals surface area contributed by atoms with Gasteiger partial charge in [0.1, 0.15) is 17.8 Å². The first kappa shape index (κ1) is 26.9. The van der Waals surface area contributed by atoms with Gasteiger partial charge in [0.2, 0.25) is 23.6 Å². The molecule has 1 aliphatic heterocycles. The Balaban J connectivity index is 1.36. The number of carbonyl (C=O) groups is 3. The molecule has 3 fully saturated rings. The van der Waals surface area contributed by atoms with Crippen LogP contribution in [0.4, 0.5) is 8.78 Å². The van der Waals surface area contributed by atoms with Gasteiger partial charge in [-0.2, -0.15) is 15.5 Å². The molecule has 0 bridgehead atoms. The Morgan fingerprint density at radius 2 is 1.82 bits per heavy atom. The number of hydrogen-bond acceptors (Lipinski definition) is 6. The second-order valence-corrected chi connectivity index (χ2v) is 12.0. The van der Waals surface area contributed by atoms with Crippen molar-refractivity contribution in [3.05, 3.63) is 36.2 Å². The molecule has 0 radical (unpaired) electrons. The van der Waals surface area contributed by atoms with Crippen molar-refractivity contribution in [1.29, 1.82) is 5.26 Å². The summed E-state index contributed by atoms with van der Waals surface area (Å²) in [4.78, 5) is 41.6. The monoisotopic (exact) mass is 538 g/mol. The van der Waals surface area contributed by atoms with Crippen LogP contribution in [0, 0.1) is 40.4 Å². The molecule has 1 saturated heterocycles. The smallest absolute Gasteiger partial charge is 0.249 e. The first-order valence-electron chi connectivity index (χ1n) is 13.2. The van der Waals surface area contributed by atoms with E-state index in [9.17, 15) is 28.4 Å². The maximum absolute atomic E-state index is 13.8. The topological polar surface area (TPSA) is 128 Å². The minimum absolute atomic E-state index is 0.0870. The third-order valence-electron chi connectivity index (χ3n) is 8.74. The highest BCUT2D eigenvalue weighted by atomic mass is 19.3. The molecule has 5 rings (SSSR count). The molecule has 1 aromatic carbocycles. The lowest BCUT2D eigenvalue weighted by Crippen LogP contribution is -2.59.